The van der Waals surface area contributed by atoms with Gasteiger partial charge in [0.25, 0.3) is 0 Å². The molecule has 1 fully saturated rings. The minimum Gasteiger partial charge on any atom is -0.277 e. The van der Waals surface area contributed by atoms with Crippen molar-refractivity contribution in [3.05, 3.63) is 42.0 Å². The van der Waals surface area contributed by atoms with Crippen molar-refractivity contribution in [3.8, 4) is 11.1 Å². The van der Waals surface area contributed by atoms with E-state index in [1.807, 2.05) is 36.5 Å². The van der Waals surface area contributed by atoms with Crippen molar-refractivity contribution in [1.29, 1.82) is 0 Å². The lowest BCUT2D eigenvalue weighted by atomic mass is 9.93. The van der Waals surface area contributed by atoms with Crippen LogP contribution in [0.1, 0.15) is 37.7 Å². The molecule has 0 atom stereocenters. The molecule has 1 aliphatic rings. The Morgan fingerprint density at radius 2 is 1.96 bits per heavy atom. The Morgan fingerprint density at radius 1 is 1.13 bits per heavy atom. The highest BCUT2D eigenvalue weighted by Gasteiger charge is 2.12. The first-order chi connectivity index (χ1) is 11.2. The maximum absolute atomic E-state index is 4.61. The normalized spacial score (nSPS) is 15.3. The van der Waals surface area contributed by atoms with Crippen molar-refractivity contribution in [2.45, 2.75) is 32.1 Å². The van der Waals surface area contributed by atoms with Crippen LogP contribution in [0.5, 0.6) is 0 Å². The molecule has 0 radical (unpaired) electrons. The number of rotatable bonds is 2. The molecule has 0 aliphatic heterocycles. The zero-order chi connectivity index (χ0) is 15.8. The van der Waals surface area contributed by atoms with Gasteiger partial charge in [-0.15, -0.1) is 0 Å². The summed E-state index contributed by atoms with van der Waals surface area (Å²) in [6, 6.07) is 2.22. The lowest BCUT2D eigenvalue weighted by Gasteiger charge is -2.13. The van der Waals surface area contributed by atoms with Crippen LogP contribution in [0.2, 0.25) is 0 Å². The van der Waals surface area contributed by atoms with E-state index in [1.165, 1.54) is 37.7 Å². The van der Waals surface area contributed by atoms with Gasteiger partial charge in [0.15, 0.2) is 0 Å². The Kier molecular flexibility index (Phi) is 3.73. The zero-order valence-electron chi connectivity index (χ0n) is 13.2. The summed E-state index contributed by atoms with van der Waals surface area (Å²) >= 11 is 4.50. The SMILES string of the molecule is Cn1cc(-c2cn(S)c3ncc(C=C4CCCCC4)cc23)cn1. The summed E-state index contributed by atoms with van der Waals surface area (Å²) in [5.41, 5.74) is 5.83. The molecule has 1 aliphatic carbocycles. The van der Waals surface area contributed by atoms with Crippen LogP contribution in [0.15, 0.2) is 36.4 Å². The Bertz CT molecular complexity index is 880. The van der Waals surface area contributed by atoms with E-state index in [0.29, 0.717) is 0 Å². The van der Waals surface area contributed by atoms with Gasteiger partial charge in [-0.3, -0.25) is 8.65 Å². The number of pyridine rings is 1. The first-order valence-corrected chi connectivity index (χ1v) is 8.49. The summed E-state index contributed by atoms with van der Waals surface area (Å²) in [4.78, 5) is 4.61. The standard InChI is InChI=1S/C18H20N4S/c1-21-11-15(10-20-21)17-12-22(23)18-16(17)8-14(9-19-18)7-13-5-3-2-4-6-13/h7-12,23H,2-6H2,1H3. The van der Waals surface area contributed by atoms with Gasteiger partial charge in [-0.25, -0.2) is 4.98 Å². The quantitative estimate of drug-likeness (QED) is 0.706. The van der Waals surface area contributed by atoms with Crippen molar-refractivity contribution in [1.82, 2.24) is 18.7 Å². The van der Waals surface area contributed by atoms with E-state index in [4.69, 9.17) is 0 Å². The molecular formula is C18H20N4S. The Morgan fingerprint density at radius 3 is 2.70 bits per heavy atom. The van der Waals surface area contributed by atoms with Gasteiger partial charge in [0.1, 0.15) is 5.65 Å². The fraction of sp³-hybridized carbons (Fsp3) is 0.333. The first kappa shape index (κ1) is 14.6. The minimum absolute atomic E-state index is 0.887. The fourth-order valence-electron chi connectivity index (χ4n) is 3.36. The molecule has 0 amide bonds. The molecule has 5 heteroatoms. The van der Waals surface area contributed by atoms with Crippen molar-refractivity contribution in [3.63, 3.8) is 0 Å². The third-order valence-electron chi connectivity index (χ3n) is 4.53. The second kappa shape index (κ2) is 5.89. The summed E-state index contributed by atoms with van der Waals surface area (Å²) < 4.78 is 3.60. The lowest BCUT2D eigenvalue weighted by molar-refractivity contribution is 0.602. The van der Waals surface area contributed by atoms with Gasteiger partial charge >= 0.3 is 0 Å². The molecule has 0 aromatic carbocycles. The summed E-state index contributed by atoms with van der Waals surface area (Å²) in [5.74, 6) is 0. The monoisotopic (exact) mass is 324 g/mol. The smallest absolute Gasteiger partial charge is 0.150 e. The molecule has 4 nitrogen and oxygen atoms in total. The van der Waals surface area contributed by atoms with Gasteiger partial charge in [-0.1, -0.05) is 30.9 Å². The summed E-state index contributed by atoms with van der Waals surface area (Å²) in [5, 5.41) is 5.40. The van der Waals surface area contributed by atoms with E-state index >= 15 is 0 Å². The average molecular weight is 324 g/mol. The van der Waals surface area contributed by atoms with Crippen LogP contribution in [-0.2, 0) is 7.05 Å². The third-order valence-corrected chi connectivity index (χ3v) is 4.83. The largest absolute Gasteiger partial charge is 0.277 e. The zero-order valence-corrected chi connectivity index (χ0v) is 14.1. The topological polar surface area (TPSA) is 35.6 Å². The molecule has 0 spiro atoms. The second-order valence-corrected chi connectivity index (χ2v) is 6.72. The second-order valence-electron chi connectivity index (χ2n) is 6.29. The van der Waals surface area contributed by atoms with E-state index in [2.05, 4.69) is 35.0 Å². The summed E-state index contributed by atoms with van der Waals surface area (Å²) in [6.07, 6.45) is 16.6. The average Bonchev–Trinajstić information content (AvgIpc) is 3.12. The van der Waals surface area contributed by atoms with E-state index in [-0.39, 0.29) is 0 Å². The van der Waals surface area contributed by atoms with E-state index in [1.54, 1.807) is 9.55 Å². The summed E-state index contributed by atoms with van der Waals surface area (Å²) in [7, 11) is 1.93. The molecule has 3 aromatic rings. The number of aromatic nitrogens is 4. The number of aryl methyl sites for hydroxylation is 1. The number of nitrogens with zero attached hydrogens (tertiary/aromatic N) is 4. The van der Waals surface area contributed by atoms with Crippen molar-refractivity contribution in [2.75, 3.05) is 0 Å². The molecule has 0 bridgehead atoms. The van der Waals surface area contributed by atoms with E-state index in [9.17, 15) is 0 Å². The lowest BCUT2D eigenvalue weighted by Crippen LogP contribution is -1.93. The maximum Gasteiger partial charge on any atom is 0.150 e. The molecule has 23 heavy (non-hydrogen) atoms. The molecule has 4 rings (SSSR count). The number of fused-ring (bicyclic) bond motifs is 1. The first-order valence-electron chi connectivity index (χ1n) is 8.09. The molecule has 0 unspecified atom stereocenters. The van der Waals surface area contributed by atoms with Crippen LogP contribution in [0.3, 0.4) is 0 Å². The highest BCUT2D eigenvalue weighted by Crippen LogP contribution is 2.32. The van der Waals surface area contributed by atoms with E-state index in [0.717, 1.165) is 22.2 Å². The van der Waals surface area contributed by atoms with Crippen LogP contribution < -0.4 is 0 Å². The molecule has 118 valence electrons. The highest BCUT2D eigenvalue weighted by atomic mass is 32.1. The van der Waals surface area contributed by atoms with E-state index < -0.39 is 0 Å². The fourth-order valence-corrected chi connectivity index (χ4v) is 3.64. The van der Waals surface area contributed by atoms with Crippen LogP contribution in [0, 0.1) is 0 Å². The van der Waals surface area contributed by atoms with Gasteiger partial charge in [0.2, 0.25) is 0 Å². The van der Waals surface area contributed by atoms with Crippen LogP contribution >= 0.6 is 12.8 Å². The summed E-state index contributed by atoms with van der Waals surface area (Å²) in [6.45, 7) is 0. The molecule has 3 heterocycles. The Hall–Kier alpha value is -2.01. The number of thiol groups is 1. The van der Waals surface area contributed by atoms with Crippen LogP contribution in [0.4, 0.5) is 0 Å². The predicted octanol–water partition coefficient (Wildman–Crippen LogP) is 4.48. The van der Waals surface area contributed by atoms with Crippen molar-refractivity contribution >= 4 is 29.9 Å². The van der Waals surface area contributed by atoms with Gasteiger partial charge < -0.3 is 0 Å². The maximum atomic E-state index is 4.61. The van der Waals surface area contributed by atoms with Crippen LogP contribution in [-0.4, -0.2) is 18.7 Å². The van der Waals surface area contributed by atoms with Crippen molar-refractivity contribution in [2.24, 2.45) is 7.05 Å². The Balaban J connectivity index is 1.80. The Labute approximate surface area is 141 Å². The van der Waals surface area contributed by atoms with Gasteiger partial charge in [0, 0.05) is 42.2 Å². The number of allylic oxidation sites excluding steroid dienone is 1. The van der Waals surface area contributed by atoms with Crippen molar-refractivity contribution < 1.29 is 0 Å². The predicted molar refractivity (Wildman–Crippen MR) is 97.4 cm³/mol. The molecule has 1 saturated carbocycles. The van der Waals surface area contributed by atoms with Gasteiger partial charge in [-0.2, -0.15) is 5.10 Å². The molecule has 0 saturated heterocycles. The van der Waals surface area contributed by atoms with Crippen LogP contribution in [0.25, 0.3) is 28.2 Å². The number of hydrogen-bond donors (Lipinski definition) is 1. The number of hydrogen-bond acceptors (Lipinski definition) is 3. The molecule has 0 N–H and O–H groups in total. The highest BCUT2D eigenvalue weighted by molar-refractivity contribution is 7.78. The third kappa shape index (κ3) is 2.81. The molecular weight excluding hydrogens is 304 g/mol. The molecule has 3 aromatic heterocycles. The van der Waals surface area contributed by atoms with Gasteiger partial charge in [0.05, 0.1) is 6.20 Å². The minimum atomic E-state index is 0.887. The van der Waals surface area contributed by atoms with Gasteiger partial charge in [-0.05, 0) is 37.3 Å².